The van der Waals surface area contributed by atoms with Crippen molar-refractivity contribution in [2.45, 2.75) is 30.0 Å². The van der Waals surface area contributed by atoms with E-state index in [0.717, 1.165) is 7.11 Å². The summed E-state index contributed by atoms with van der Waals surface area (Å²) >= 11 is 0. The Morgan fingerprint density at radius 2 is 1.73 bits per heavy atom. The molecule has 1 aromatic carbocycles. The largest absolute Gasteiger partial charge is 0.506 e. The molecule has 2 fully saturated rings. The third-order valence-corrected chi connectivity index (χ3v) is 8.45. The molecule has 7 N–H and O–H groups in total. The molecular weight excluding hydrogens is 524 g/mol. The number of nitrogens with zero attached hydrogens (tertiary/aromatic N) is 3. The fraction of sp³-hybridized carbons (Fsp3) is 0.500. The predicted molar refractivity (Wildman–Crippen MR) is 137 cm³/mol. The second kappa shape index (κ2) is 8.91. The van der Waals surface area contributed by atoms with Gasteiger partial charge in [0.1, 0.15) is 17.2 Å². The normalized spacial score (nSPS) is 33.0. The number of fused-ring (bicyclic) bond motifs is 3. The molecule has 6 atom stereocenters. The Bertz CT molecular complexity index is 1460. The molecular formula is C26H30N6O8. The molecule has 0 aliphatic heterocycles. The number of phenolic OH excluding ortho intramolecular Hbond substituents is 1. The van der Waals surface area contributed by atoms with Crippen molar-refractivity contribution in [3.63, 3.8) is 0 Å². The van der Waals surface area contributed by atoms with E-state index in [1.165, 1.54) is 25.1 Å². The standard InChI is InChI=1S/C26H30N6O8/c1-31(2)12-6-10(23(39)40-5)16(33)13-11(12)7-24(29)8-26(30)19(32(3)4)18(35)14(22(28)38)20(36)25(26,9-27)21(37)15(24)17(13)34/h6,14-15,19,33H,7-8,29-30H2,1-5H3,(H2,28,38)/t14?,15?,19-,24-,25+,26-/m1/s1. The van der Waals surface area contributed by atoms with Gasteiger partial charge in [0, 0.05) is 25.3 Å². The molecule has 14 heteroatoms. The minimum atomic E-state index is -2.85. The van der Waals surface area contributed by atoms with Crippen molar-refractivity contribution in [1.29, 1.82) is 5.26 Å². The quantitative estimate of drug-likeness (QED) is 0.226. The zero-order valence-electron chi connectivity index (χ0n) is 22.6. The molecule has 40 heavy (non-hydrogen) atoms. The lowest BCUT2D eigenvalue weighted by Gasteiger charge is -2.60. The maximum Gasteiger partial charge on any atom is 0.341 e. The number of ether oxygens (including phenoxy) is 1. The van der Waals surface area contributed by atoms with Crippen LogP contribution in [0.3, 0.4) is 0 Å². The number of anilines is 1. The molecule has 3 aliphatic rings. The van der Waals surface area contributed by atoms with Crippen LogP contribution in [0.5, 0.6) is 5.75 Å². The molecule has 0 aromatic heterocycles. The van der Waals surface area contributed by atoms with E-state index in [1.54, 1.807) is 25.1 Å². The van der Waals surface area contributed by atoms with Crippen LogP contribution in [-0.4, -0.2) is 97.4 Å². The molecule has 212 valence electrons. The molecule has 0 saturated heterocycles. The Morgan fingerprint density at radius 3 is 2.20 bits per heavy atom. The molecule has 0 radical (unpaired) electrons. The minimum Gasteiger partial charge on any atom is -0.506 e. The zero-order chi connectivity index (χ0) is 30.3. The number of hydrogen-bond donors (Lipinski definition) is 4. The number of aromatic hydroxyl groups is 1. The van der Waals surface area contributed by atoms with Crippen molar-refractivity contribution >= 4 is 40.7 Å². The number of amides is 1. The number of primary amides is 1. The second-order valence-electron chi connectivity index (χ2n) is 11.1. The van der Waals surface area contributed by atoms with Crippen LogP contribution in [0.2, 0.25) is 0 Å². The Hall–Kier alpha value is -4.19. The summed E-state index contributed by atoms with van der Waals surface area (Å²) in [4.78, 5) is 83.2. The summed E-state index contributed by atoms with van der Waals surface area (Å²) in [5, 5.41) is 21.5. The van der Waals surface area contributed by atoms with Crippen molar-refractivity contribution in [3.05, 3.63) is 22.8 Å². The van der Waals surface area contributed by atoms with Crippen LogP contribution >= 0.6 is 0 Å². The van der Waals surface area contributed by atoms with Crippen LogP contribution in [0.15, 0.2) is 6.07 Å². The van der Waals surface area contributed by atoms with Gasteiger partial charge in [-0.25, -0.2) is 4.79 Å². The number of Topliss-reactive ketones (excluding diaryl/α,β-unsaturated/α-hetero) is 4. The summed E-state index contributed by atoms with van der Waals surface area (Å²) < 4.78 is 4.73. The lowest BCUT2D eigenvalue weighted by Crippen LogP contribution is -2.85. The molecule has 2 unspecified atom stereocenters. The number of hydrogen-bond acceptors (Lipinski definition) is 13. The van der Waals surface area contributed by atoms with Gasteiger partial charge in [0.05, 0.1) is 30.3 Å². The fourth-order valence-corrected chi connectivity index (χ4v) is 6.92. The van der Waals surface area contributed by atoms with Gasteiger partial charge in [0.2, 0.25) is 5.91 Å². The van der Waals surface area contributed by atoms with Crippen LogP contribution in [0, 0.1) is 28.6 Å². The van der Waals surface area contributed by atoms with Gasteiger partial charge in [0.25, 0.3) is 0 Å². The van der Waals surface area contributed by atoms with Gasteiger partial charge in [-0.1, -0.05) is 0 Å². The first-order chi connectivity index (χ1) is 18.5. The van der Waals surface area contributed by atoms with Gasteiger partial charge in [-0.3, -0.25) is 28.9 Å². The van der Waals surface area contributed by atoms with Gasteiger partial charge in [-0.15, -0.1) is 0 Å². The lowest BCUT2D eigenvalue weighted by molar-refractivity contribution is -0.166. The highest BCUT2D eigenvalue weighted by Crippen LogP contribution is 2.57. The number of methoxy groups -OCH3 is 1. The number of nitrogens with two attached hydrogens (primary N) is 3. The Balaban J connectivity index is 2.06. The van der Waals surface area contributed by atoms with E-state index in [2.05, 4.69) is 0 Å². The first kappa shape index (κ1) is 28.8. The van der Waals surface area contributed by atoms with Crippen LogP contribution < -0.4 is 22.1 Å². The van der Waals surface area contributed by atoms with E-state index in [4.69, 9.17) is 21.9 Å². The fourth-order valence-electron chi connectivity index (χ4n) is 6.92. The summed E-state index contributed by atoms with van der Waals surface area (Å²) in [6, 6.07) is 1.46. The van der Waals surface area contributed by atoms with E-state index >= 15 is 0 Å². The van der Waals surface area contributed by atoms with Crippen molar-refractivity contribution in [1.82, 2.24) is 4.90 Å². The number of esters is 1. The van der Waals surface area contributed by atoms with Crippen LogP contribution in [0.4, 0.5) is 5.69 Å². The predicted octanol–water partition coefficient (Wildman–Crippen LogP) is -2.34. The number of likely N-dealkylation sites (N-methyl/N-ethyl adjacent to an activating group) is 1. The van der Waals surface area contributed by atoms with Crippen LogP contribution in [0.1, 0.15) is 32.7 Å². The Morgan fingerprint density at radius 1 is 1.12 bits per heavy atom. The van der Waals surface area contributed by atoms with E-state index in [-0.39, 0.29) is 17.5 Å². The van der Waals surface area contributed by atoms with E-state index in [1.807, 2.05) is 0 Å². The SMILES string of the molecule is COC(=O)c1cc(N(C)C)c2c(c1O)C(=O)C1C(=O)[C@]3(C#N)C(=O)C(C(N)=O)C(=O)[C@@H](N(C)C)[C@]3(N)C[C@]1(N)C2. The molecule has 1 aromatic rings. The highest BCUT2D eigenvalue weighted by molar-refractivity contribution is 6.33. The summed E-state index contributed by atoms with van der Waals surface area (Å²) in [6.45, 7) is 0. The number of benzene rings is 1. The zero-order valence-corrected chi connectivity index (χ0v) is 22.6. The van der Waals surface area contributed by atoms with E-state index in [0.29, 0.717) is 5.69 Å². The molecule has 0 bridgehead atoms. The molecule has 14 nitrogen and oxygen atoms in total. The monoisotopic (exact) mass is 554 g/mol. The molecule has 2 saturated carbocycles. The van der Waals surface area contributed by atoms with Crippen molar-refractivity contribution in [2.75, 3.05) is 40.2 Å². The first-order valence-electron chi connectivity index (χ1n) is 12.2. The van der Waals surface area contributed by atoms with Crippen molar-refractivity contribution < 1.29 is 38.6 Å². The summed E-state index contributed by atoms with van der Waals surface area (Å²) in [5.74, 6) is -11.9. The number of carbonyl (C=O) groups excluding carboxylic acids is 6. The van der Waals surface area contributed by atoms with Gasteiger partial charge < -0.3 is 31.9 Å². The topological polar surface area (TPSA) is 240 Å². The van der Waals surface area contributed by atoms with Crippen molar-refractivity contribution in [3.8, 4) is 11.8 Å². The van der Waals surface area contributed by atoms with Crippen molar-refractivity contribution in [2.24, 2.45) is 34.5 Å². The number of carbonyl (C=O) groups is 6. The molecule has 3 aliphatic carbocycles. The van der Waals surface area contributed by atoms with E-state index in [9.17, 15) is 39.1 Å². The maximum atomic E-state index is 14.3. The smallest absolute Gasteiger partial charge is 0.341 e. The Kier molecular flexibility index (Phi) is 6.42. The average Bonchev–Trinajstić information content (AvgIpc) is 2.82. The van der Waals surface area contributed by atoms with Gasteiger partial charge >= 0.3 is 5.97 Å². The van der Waals surface area contributed by atoms with Crippen LogP contribution in [0.25, 0.3) is 0 Å². The van der Waals surface area contributed by atoms with Gasteiger partial charge in [-0.2, -0.15) is 5.26 Å². The first-order valence-corrected chi connectivity index (χ1v) is 12.2. The third-order valence-electron chi connectivity index (χ3n) is 8.45. The highest BCUT2D eigenvalue weighted by atomic mass is 16.5. The highest BCUT2D eigenvalue weighted by Gasteiger charge is 2.78. The van der Waals surface area contributed by atoms with E-state index < -0.39 is 87.1 Å². The molecule has 4 rings (SSSR count). The average molecular weight is 555 g/mol. The minimum absolute atomic E-state index is 0.199. The number of phenols is 1. The van der Waals surface area contributed by atoms with Gasteiger partial charge in [0.15, 0.2) is 34.5 Å². The molecule has 0 heterocycles. The summed E-state index contributed by atoms with van der Waals surface area (Å²) in [5.41, 5.74) is 11.8. The molecule has 0 spiro atoms. The van der Waals surface area contributed by atoms with Crippen LogP contribution in [-0.2, 0) is 30.3 Å². The van der Waals surface area contributed by atoms with Gasteiger partial charge in [-0.05, 0) is 38.6 Å². The summed E-state index contributed by atoms with van der Waals surface area (Å²) in [6.07, 6.45) is -0.789. The summed E-state index contributed by atoms with van der Waals surface area (Å²) in [7, 11) is 7.16. The third kappa shape index (κ3) is 3.31. The molecule has 1 amide bonds. The number of ketones is 4. The lowest BCUT2D eigenvalue weighted by atomic mass is 9.42. The number of nitriles is 1. The second-order valence-corrected chi connectivity index (χ2v) is 11.1. The number of rotatable bonds is 4. The Labute approximate surface area is 229 Å². The maximum absolute atomic E-state index is 14.3.